The topological polar surface area (TPSA) is 33.2 Å². The van der Waals surface area contributed by atoms with Crippen LogP contribution in [0.15, 0.2) is 78.9 Å². The fraction of sp³-hybridized carbons (Fsp3) is 0.214. The second-order valence-corrected chi connectivity index (χ2v) is 9.11. The number of amides is 1. The molecule has 0 fully saturated rings. The number of thiazole rings is 1. The Morgan fingerprint density at radius 1 is 0.906 bits per heavy atom. The zero-order chi connectivity index (χ0) is 22.5. The Kier molecular flexibility index (Phi) is 6.81. The minimum absolute atomic E-state index is 0.0239. The fourth-order valence-electron chi connectivity index (χ4n) is 3.73. The highest BCUT2D eigenvalue weighted by Crippen LogP contribution is 2.38. The maximum atomic E-state index is 13.6. The first-order valence-electron chi connectivity index (χ1n) is 11.1. The van der Waals surface area contributed by atoms with Gasteiger partial charge in [0.15, 0.2) is 5.13 Å². The highest BCUT2D eigenvalue weighted by molar-refractivity contribution is 7.16. The standard InChI is InChI=1S/C28H28N2OS/c1-4-11-25-27(23-14-9-6-10-15-23)29-28(32-25)30(24-17-16-20(2)21(3)18-24)26(31)19-22-12-7-5-8-13-22/h5-10,12-18H,4,11,19H2,1-3H3. The molecular weight excluding hydrogens is 412 g/mol. The van der Waals surface area contributed by atoms with Crippen LogP contribution >= 0.6 is 11.3 Å². The lowest BCUT2D eigenvalue weighted by atomic mass is 10.1. The van der Waals surface area contributed by atoms with Crippen LogP contribution in [0.3, 0.4) is 0 Å². The molecule has 0 saturated carbocycles. The molecule has 3 aromatic carbocycles. The zero-order valence-corrected chi connectivity index (χ0v) is 19.7. The first-order chi connectivity index (χ1) is 15.6. The third-order valence-electron chi connectivity index (χ3n) is 5.60. The van der Waals surface area contributed by atoms with Gasteiger partial charge in [-0.15, -0.1) is 11.3 Å². The Balaban J connectivity index is 1.80. The van der Waals surface area contributed by atoms with Gasteiger partial charge in [-0.1, -0.05) is 80.1 Å². The third-order valence-corrected chi connectivity index (χ3v) is 6.70. The van der Waals surface area contributed by atoms with E-state index in [9.17, 15) is 4.79 Å². The Bertz CT molecular complexity index is 1200. The SMILES string of the molecule is CCCc1sc(N(C(=O)Cc2ccccc2)c2ccc(C)c(C)c2)nc1-c1ccccc1. The number of hydrogen-bond acceptors (Lipinski definition) is 3. The molecule has 162 valence electrons. The van der Waals surface area contributed by atoms with E-state index in [0.717, 1.165) is 46.0 Å². The van der Waals surface area contributed by atoms with Crippen LogP contribution in [0.1, 0.15) is 34.9 Å². The van der Waals surface area contributed by atoms with Crippen molar-refractivity contribution in [2.24, 2.45) is 0 Å². The lowest BCUT2D eigenvalue weighted by Gasteiger charge is -2.21. The van der Waals surface area contributed by atoms with Crippen LogP contribution in [0.2, 0.25) is 0 Å². The van der Waals surface area contributed by atoms with Gasteiger partial charge >= 0.3 is 0 Å². The minimum atomic E-state index is 0.0239. The van der Waals surface area contributed by atoms with Crippen LogP contribution in [-0.2, 0) is 17.6 Å². The van der Waals surface area contributed by atoms with E-state index in [2.05, 4.69) is 45.0 Å². The molecule has 32 heavy (non-hydrogen) atoms. The van der Waals surface area contributed by atoms with Gasteiger partial charge < -0.3 is 0 Å². The van der Waals surface area contributed by atoms with Gasteiger partial charge in [0, 0.05) is 10.4 Å². The second kappa shape index (κ2) is 9.92. The highest BCUT2D eigenvalue weighted by atomic mass is 32.1. The monoisotopic (exact) mass is 440 g/mol. The fourth-order valence-corrected chi connectivity index (χ4v) is 4.95. The van der Waals surface area contributed by atoms with Crippen molar-refractivity contribution in [3.05, 3.63) is 100 Å². The van der Waals surface area contributed by atoms with Crippen LogP contribution in [0.5, 0.6) is 0 Å². The zero-order valence-electron chi connectivity index (χ0n) is 18.8. The molecule has 0 spiro atoms. The van der Waals surface area contributed by atoms with Gasteiger partial charge in [-0.2, -0.15) is 0 Å². The number of hydrogen-bond donors (Lipinski definition) is 0. The normalized spacial score (nSPS) is 10.8. The van der Waals surface area contributed by atoms with Crippen molar-refractivity contribution >= 4 is 28.1 Å². The number of aryl methyl sites for hydroxylation is 3. The molecule has 0 N–H and O–H groups in total. The molecule has 0 atom stereocenters. The van der Waals surface area contributed by atoms with Crippen molar-refractivity contribution < 1.29 is 4.79 Å². The van der Waals surface area contributed by atoms with Crippen LogP contribution in [0.4, 0.5) is 10.8 Å². The summed E-state index contributed by atoms with van der Waals surface area (Å²) in [6, 6.07) is 26.3. The predicted molar refractivity (Wildman–Crippen MR) is 135 cm³/mol. The van der Waals surface area contributed by atoms with Crippen molar-refractivity contribution in [2.45, 2.75) is 40.0 Å². The molecule has 4 aromatic rings. The molecule has 4 heteroatoms. The average molecular weight is 441 g/mol. The number of carbonyl (C=O) groups is 1. The Labute approximate surface area is 194 Å². The van der Waals surface area contributed by atoms with Gasteiger partial charge in [-0.3, -0.25) is 9.69 Å². The Hall–Kier alpha value is -3.24. The number of benzene rings is 3. The molecule has 4 rings (SSSR count). The van der Waals surface area contributed by atoms with Gasteiger partial charge in [-0.05, 0) is 49.1 Å². The lowest BCUT2D eigenvalue weighted by Crippen LogP contribution is -2.27. The van der Waals surface area contributed by atoms with Crippen molar-refractivity contribution in [1.82, 2.24) is 4.98 Å². The summed E-state index contributed by atoms with van der Waals surface area (Å²) in [6.07, 6.45) is 2.30. The van der Waals surface area contributed by atoms with Crippen LogP contribution < -0.4 is 4.90 Å². The number of anilines is 2. The molecule has 0 aliphatic carbocycles. The van der Waals surface area contributed by atoms with Crippen molar-refractivity contribution in [2.75, 3.05) is 4.90 Å². The summed E-state index contributed by atoms with van der Waals surface area (Å²) < 4.78 is 0. The number of rotatable bonds is 7. The molecule has 0 unspecified atom stereocenters. The van der Waals surface area contributed by atoms with Crippen molar-refractivity contribution in [1.29, 1.82) is 0 Å². The van der Waals surface area contributed by atoms with E-state index in [1.807, 2.05) is 54.6 Å². The molecule has 0 bridgehead atoms. The molecule has 3 nitrogen and oxygen atoms in total. The summed E-state index contributed by atoms with van der Waals surface area (Å²) >= 11 is 1.62. The number of carbonyl (C=O) groups excluding carboxylic acids is 1. The highest BCUT2D eigenvalue weighted by Gasteiger charge is 2.24. The van der Waals surface area contributed by atoms with Gasteiger partial charge in [-0.25, -0.2) is 4.98 Å². The van der Waals surface area contributed by atoms with E-state index >= 15 is 0 Å². The molecule has 1 heterocycles. The largest absolute Gasteiger partial charge is 0.274 e. The van der Waals surface area contributed by atoms with E-state index < -0.39 is 0 Å². The summed E-state index contributed by atoms with van der Waals surface area (Å²) in [5, 5.41) is 0.733. The molecule has 1 amide bonds. The summed E-state index contributed by atoms with van der Waals surface area (Å²) in [6.45, 7) is 6.35. The van der Waals surface area contributed by atoms with E-state index in [0.29, 0.717) is 6.42 Å². The first-order valence-corrected chi connectivity index (χ1v) is 11.9. The Morgan fingerprint density at radius 3 is 2.25 bits per heavy atom. The van der Waals surface area contributed by atoms with E-state index in [4.69, 9.17) is 4.98 Å². The molecule has 1 aromatic heterocycles. The maximum absolute atomic E-state index is 13.6. The third kappa shape index (κ3) is 4.81. The Morgan fingerprint density at radius 2 is 1.59 bits per heavy atom. The summed E-state index contributed by atoms with van der Waals surface area (Å²) in [4.78, 5) is 21.7. The van der Waals surface area contributed by atoms with E-state index in [1.165, 1.54) is 10.4 Å². The summed E-state index contributed by atoms with van der Waals surface area (Å²) in [5.74, 6) is 0.0239. The molecule has 0 radical (unpaired) electrons. The van der Waals surface area contributed by atoms with Gasteiger partial charge in [0.05, 0.1) is 17.8 Å². The van der Waals surface area contributed by atoms with Crippen LogP contribution in [0, 0.1) is 13.8 Å². The molecular formula is C28H28N2OS. The second-order valence-electron chi connectivity index (χ2n) is 8.04. The summed E-state index contributed by atoms with van der Waals surface area (Å²) in [7, 11) is 0. The quantitative estimate of drug-likeness (QED) is 0.302. The lowest BCUT2D eigenvalue weighted by molar-refractivity contribution is -0.117. The maximum Gasteiger partial charge on any atom is 0.237 e. The molecule has 0 aliphatic rings. The molecule has 0 aliphatic heterocycles. The number of nitrogens with zero attached hydrogens (tertiary/aromatic N) is 2. The van der Waals surface area contributed by atoms with Crippen LogP contribution in [0.25, 0.3) is 11.3 Å². The predicted octanol–water partition coefficient (Wildman–Crippen LogP) is 7.29. The smallest absolute Gasteiger partial charge is 0.237 e. The number of aromatic nitrogens is 1. The van der Waals surface area contributed by atoms with Gasteiger partial charge in [0.1, 0.15) is 0 Å². The summed E-state index contributed by atoms with van der Waals surface area (Å²) in [5.41, 5.74) is 6.31. The average Bonchev–Trinajstić information content (AvgIpc) is 3.21. The van der Waals surface area contributed by atoms with Crippen molar-refractivity contribution in [3.63, 3.8) is 0 Å². The first kappa shape index (κ1) is 22.0. The minimum Gasteiger partial charge on any atom is -0.274 e. The van der Waals surface area contributed by atoms with E-state index in [-0.39, 0.29) is 5.91 Å². The van der Waals surface area contributed by atoms with Gasteiger partial charge in [0.2, 0.25) is 5.91 Å². The van der Waals surface area contributed by atoms with Crippen LogP contribution in [-0.4, -0.2) is 10.9 Å². The van der Waals surface area contributed by atoms with Crippen molar-refractivity contribution in [3.8, 4) is 11.3 Å². The van der Waals surface area contributed by atoms with E-state index in [1.54, 1.807) is 16.2 Å². The molecule has 0 saturated heterocycles. The van der Waals surface area contributed by atoms with Gasteiger partial charge in [0.25, 0.3) is 0 Å².